The van der Waals surface area contributed by atoms with Crippen molar-refractivity contribution in [2.24, 2.45) is 5.92 Å². The maximum Gasteiger partial charge on any atom is 0.451 e. The fraction of sp³-hybridized carbons (Fsp3) is 0.542. The predicted octanol–water partition coefficient (Wildman–Crippen LogP) is 4.58. The van der Waals surface area contributed by atoms with Gasteiger partial charge in [0.2, 0.25) is 5.82 Å². The molecule has 1 aromatic carbocycles. The van der Waals surface area contributed by atoms with Crippen LogP contribution >= 0.6 is 0 Å². The van der Waals surface area contributed by atoms with E-state index in [1.54, 1.807) is 4.90 Å². The third-order valence-corrected chi connectivity index (χ3v) is 7.67. The Balaban J connectivity index is 1.41. The molecule has 2 amide bonds. The molecule has 1 N–H and O–H groups in total. The SMILES string of the molecule is CNC1(c2ccccc2)CCC2(CC1)CN(c1cnc(C(F)(F)F)nc1)C(=O)N2CC1CC1. The van der Waals surface area contributed by atoms with Crippen LogP contribution < -0.4 is 10.2 Å². The van der Waals surface area contributed by atoms with Gasteiger partial charge in [0.1, 0.15) is 0 Å². The molecule has 3 fully saturated rings. The molecule has 1 saturated heterocycles. The zero-order chi connectivity index (χ0) is 23.3. The van der Waals surface area contributed by atoms with E-state index in [-0.39, 0.29) is 17.1 Å². The Hall–Kier alpha value is -2.68. The van der Waals surface area contributed by atoms with Gasteiger partial charge in [-0.25, -0.2) is 14.8 Å². The molecule has 3 aliphatic rings. The number of halogens is 3. The highest BCUT2D eigenvalue weighted by atomic mass is 19.4. The van der Waals surface area contributed by atoms with Crippen molar-refractivity contribution in [1.29, 1.82) is 0 Å². The van der Waals surface area contributed by atoms with E-state index < -0.39 is 12.0 Å². The second-order valence-corrected chi connectivity index (χ2v) is 9.61. The van der Waals surface area contributed by atoms with Crippen molar-refractivity contribution in [2.75, 3.05) is 25.0 Å². The van der Waals surface area contributed by atoms with E-state index >= 15 is 0 Å². The van der Waals surface area contributed by atoms with E-state index in [1.165, 1.54) is 5.56 Å². The van der Waals surface area contributed by atoms with Crippen LogP contribution in [-0.2, 0) is 11.7 Å². The highest BCUT2D eigenvalue weighted by Crippen LogP contribution is 2.48. The smallest absolute Gasteiger partial charge is 0.317 e. The minimum atomic E-state index is -4.61. The topological polar surface area (TPSA) is 61.4 Å². The standard InChI is InChI=1S/C24H28F3N5O/c1-28-23(18-5-3-2-4-6-18)11-9-22(10-12-23)16-31(21(33)32(22)15-17-7-8-17)19-13-29-20(30-14-19)24(25,26)27/h2-6,13-14,17,28H,7-12,15-16H2,1H3. The first-order valence-electron chi connectivity index (χ1n) is 11.5. The van der Waals surface area contributed by atoms with Crippen molar-refractivity contribution in [1.82, 2.24) is 20.2 Å². The van der Waals surface area contributed by atoms with Crippen molar-refractivity contribution in [2.45, 2.75) is 55.8 Å². The quantitative estimate of drug-likeness (QED) is 0.711. The highest BCUT2D eigenvalue weighted by Gasteiger charge is 2.55. The van der Waals surface area contributed by atoms with Gasteiger partial charge in [0.15, 0.2) is 0 Å². The Kier molecular flexibility index (Phi) is 5.34. The number of urea groups is 1. The number of carbonyl (C=O) groups is 1. The van der Waals surface area contributed by atoms with Gasteiger partial charge >= 0.3 is 12.2 Å². The van der Waals surface area contributed by atoms with Crippen molar-refractivity contribution in [3.05, 3.63) is 54.1 Å². The zero-order valence-electron chi connectivity index (χ0n) is 18.6. The number of nitrogens with zero attached hydrogens (tertiary/aromatic N) is 4. The Bertz CT molecular complexity index is 999. The van der Waals surface area contributed by atoms with Crippen LogP contribution in [0.25, 0.3) is 0 Å². The minimum Gasteiger partial charge on any atom is -0.317 e. The van der Waals surface area contributed by atoms with Crippen molar-refractivity contribution in [3.63, 3.8) is 0 Å². The van der Waals surface area contributed by atoms with Crippen LogP contribution in [0.2, 0.25) is 0 Å². The number of benzene rings is 1. The Morgan fingerprint density at radius 1 is 1.06 bits per heavy atom. The van der Waals surface area contributed by atoms with Crippen molar-refractivity contribution < 1.29 is 18.0 Å². The van der Waals surface area contributed by atoms with Crippen LogP contribution in [0.1, 0.15) is 49.9 Å². The van der Waals surface area contributed by atoms with E-state index in [9.17, 15) is 18.0 Å². The lowest BCUT2D eigenvalue weighted by atomic mass is 9.69. The number of nitrogens with one attached hydrogen (secondary N) is 1. The summed E-state index contributed by atoms with van der Waals surface area (Å²) in [4.78, 5) is 24.0. The molecule has 2 aromatic rings. The normalized spacial score (nSPS) is 28.1. The molecule has 0 atom stereocenters. The molecule has 2 saturated carbocycles. The monoisotopic (exact) mass is 459 g/mol. The molecule has 2 heterocycles. The van der Waals surface area contributed by atoms with Crippen LogP contribution in [-0.4, -0.2) is 46.6 Å². The van der Waals surface area contributed by atoms with E-state index in [0.717, 1.165) is 50.9 Å². The van der Waals surface area contributed by atoms with Crippen LogP contribution in [0, 0.1) is 5.92 Å². The molecule has 1 aliphatic heterocycles. The summed E-state index contributed by atoms with van der Waals surface area (Å²) >= 11 is 0. The molecule has 0 bridgehead atoms. The predicted molar refractivity (Wildman–Crippen MR) is 118 cm³/mol. The molecule has 33 heavy (non-hydrogen) atoms. The summed E-state index contributed by atoms with van der Waals surface area (Å²) in [7, 11) is 1.98. The number of anilines is 1. The number of hydrogen-bond donors (Lipinski definition) is 1. The van der Waals surface area contributed by atoms with Gasteiger partial charge in [0.25, 0.3) is 0 Å². The van der Waals surface area contributed by atoms with E-state index in [2.05, 4.69) is 27.4 Å². The lowest BCUT2D eigenvalue weighted by Gasteiger charge is -2.48. The van der Waals surface area contributed by atoms with Gasteiger partial charge in [-0.05, 0) is 57.1 Å². The van der Waals surface area contributed by atoms with Gasteiger partial charge in [-0.15, -0.1) is 0 Å². The molecule has 6 nitrogen and oxygen atoms in total. The molecule has 0 radical (unpaired) electrons. The maximum atomic E-state index is 13.5. The van der Waals surface area contributed by atoms with Gasteiger partial charge in [0.05, 0.1) is 30.2 Å². The minimum absolute atomic E-state index is 0.147. The summed E-state index contributed by atoms with van der Waals surface area (Å²) in [5.74, 6) is -0.679. The Morgan fingerprint density at radius 3 is 2.24 bits per heavy atom. The van der Waals surface area contributed by atoms with Crippen LogP contribution in [0.5, 0.6) is 0 Å². The number of carbonyl (C=O) groups excluding carboxylic acids is 1. The first-order chi connectivity index (χ1) is 15.8. The van der Waals surface area contributed by atoms with Gasteiger partial charge in [-0.1, -0.05) is 30.3 Å². The number of hydrogen-bond acceptors (Lipinski definition) is 4. The van der Waals surface area contributed by atoms with E-state index in [0.29, 0.717) is 24.7 Å². The second-order valence-electron chi connectivity index (χ2n) is 9.61. The molecule has 2 aliphatic carbocycles. The molecule has 176 valence electrons. The summed E-state index contributed by atoms with van der Waals surface area (Å²) in [5, 5.41) is 3.54. The summed E-state index contributed by atoms with van der Waals surface area (Å²) < 4.78 is 38.7. The van der Waals surface area contributed by atoms with Crippen molar-refractivity contribution in [3.8, 4) is 0 Å². The average molecular weight is 460 g/mol. The highest BCUT2D eigenvalue weighted by molar-refractivity contribution is 5.95. The van der Waals surface area contributed by atoms with Gasteiger partial charge < -0.3 is 10.2 Å². The molecule has 9 heteroatoms. The van der Waals surface area contributed by atoms with Crippen molar-refractivity contribution >= 4 is 11.7 Å². The summed E-state index contributed by atoms with van der Waals surface area (Å²) in [5.41, 5.74) is 1.08. The fourth-order valence-electron chi connectivity index (χ4n) is 5.45. The summed E-state index contributed by atoms with van der Waals surface area (Å²) in [6.45, 7) is 1.15. The largest absolute Gasteiger partial charge is 0.451 e. The first kappa shape index (κ1) is 22.1. The lowest BCUT2D eigenvalue weighted by Crippen LogP contribution is -2.55. The molecular formula is C24H28F3N5O. The van der Waals surface area contributed by atoms with Gasteiger partial charge in [0, 0.05) is 12.1 Å². The molecule has 1 aromatic heterocycles. The summed E-state index contributed by atoms with van der Waals surface area (Å²) in [6.07, 6.45) is 3.25. The fourth-order valence-corrected chi connectivity index (χ4v) is 5.45. The molecular weight excluding hydrogens is 431 g/mol. The lowest BCUT2D eigenvalue weighted by molar-refractivity contribution is -0.144. The van der Waals surface area contributed by atoms with E-state index in [1.807, 2.05) is 30.1 Å². The first-order valence-corrected chi connectivity index (χ1v) is 11.5. The van der Waals surface area contributed by atoms with Crippen LogP contribution in [0.15, 0.2) is 42.7 Å². The maximum absolute atomic E-state index is 13.5. The molecule has 1 spiro atoms. The van der Waals surface area contributed by atoms with Crippen LogP contribution in [0.4, 0.5) is 23.7 Å². The second kappa shape index (κ2) is 7.97. The van der Waals surface area contributed by atoms with Gasteiger partial charge in [-0.3, -0.25) is 4.90 Å². The number of alkyl halides is 3. The van der Waals surface area contributed by atoms with Crippen LogP contribution in [0.3, 0.4) is 0 Å². The Morgan fingerprint density at radius 2 is 1.70 bits per heavy atom. The van der Waals surface area contributed by atoms with Gasteiger partial charge in [-0.2, -0.15) is 13.2 Å². The number of aromatic nitrogens is 2. The number of amides is 2. The molecule has 5 rings (SSSR count). The average Bonchev–Trinajstić information content (AvgIpc) is 3.61. The zero-order valence-corrected chi connectivity index (χ0v) is 18.6. The Labute approximate surface area is 191 Å². The third kappa shape index (κ3) is 3.96. The summed E-state index contributed by atoms with van der Waals surface area (Å²) in [6, 6.07) is 10.2. The third-order valence-electron chi connectivity index (χ3n) is 7.67. The number of rotatable bonds is 5. The van der Waals surface area contributed by atoms with E-state index in [4.69, 9.17) is 0 Å². The molecule has 0 unspecified atom stereocenters.